The summed E-state index contributed by atoms with van der Waals surface area (Å²) in [4.78, 5) is 11.3. The molecule has 0 bridgehead atoms. The van der Waals surface area contributed by atoms with Crippen LogP contribution in [-0.2, 0) is 10.2 Å². The van der Waals surface area contributed by atoms with Crippen molar-refractivity contribution in [3.8, 4) is 0 Å². The first-order chi connectivity index (χ1) is 7.03. The number of hydrogen-bond acceptors (Lipinski definition) is 2. The van der Waals surface area contributed by atoms with Crippen LogP contribution in [0.25, 0.3) is 0 Å². The summed E-state index contributed by atoms with van der Waals surface area (Å²) in [6.07, 6.45) is -0.463. The summed E-state index contributed by atoms with van der Waals surface area (Å²) in [5, 5.41) is 19.0. The number of benzene rings is 1. The van der Waals surface area contributed by atoms with Crippen molar-refractivity contribution < 1.29 is 15.0 Å². The standard InChI is InChI=1S/C12H16O3/c1-3-10(13)12(2,11(14)15)9-7-5-4-6-8-9/h4-8,10,13H,3H2,1-2H3,(H,14,15). The van der Waals surface area contributed by atoms with Gasteiger partial charge in [-0.2, -0.15) is 0 Å². The third kappa shape index (κ3) is 2.02. The van der Waals surface area contributed by atoms with E-state index in [2.05, 4.69) is 0 Å². The molecule has 0 amide bonds. The predicted octanol–water partition coefficient (Wildman–Crippen LogP) is 1.80. The fourth-order valence-corrected chi connectivity index (χ4v) is 1.65. The maximum atomic E-state index is 11.3. The van der Waals surface area contributed by atoms with Crippen LogP contribution in [0.15, 0.2) is 30.3 Å². The van der Waals surface area contributed by atoms with Crippen LogP contribution in [0.3, 0.4) is 0 Å². The molecule has 1 aromatic rings. The molecule has 3 nitrogen and oxygen atoms in total. The van der Waals surface area contributed by atoms with Crippen LogP contribution in [0, 0.1) is 0 Å². The zero-order valence-electron chi connectivity index (χ0n) is 8.97. The molecular weight excluding hydrogens is 192 g/mol. The van der Waals surface area contributed by atoms with E-state index in [9.17, 15) is 15.0 Å². The van der Waals surface area contributed by atoms with Gasteiger partial charge in [0.1, 0.15) is 5.41 Å². The SMILES string of the molecule is CCC(O)C(C)(C(=O)O)c1ccccc1. The second kappa shape index (κ2) is 4.45. The van der Waals surface area contributed by atoms with Gasteiger partial charge in [0.05, 0.1) is 6.10 Å². The van der Waals surface area contributed by atoms with E-state index in [0.717, 1.165) is 0 Å². The van der Waals surface area contributed by atoms with Crippen molar-refractivity contribution >= 4 is 5.97 Å². The van der Waals surface area contributed by atoms with Crippen molar-refractivity contribution in [3.63, 3.8) is 0 Å². The molecule has 0 fully saturated rings. The fraction of sp³-hybridized carbons (Fsp3) is 0.417. The third-order valence-corrected chi connectivity index (χ3v) is 2.87. The van der Waals surface area contributed by atoms with Gasteiger partial charge in [-0.15, -0.1) is 0 Å². The molecule has 2 atom stereocenters. The van der Waals surface area contributed by atoms with Gasteiger partial charge < -0.3 is 10.2 Å². The van der Waals surface area contributed by atoms with Gasteiger partial charge in [0.2, 0.25) is 0 Å². The lowest BCUT2D eigenvalue weighted by atomic mass is 9.76. The van der Waals surface area contributed by atoms with Gasteiger partial charge in [0, 0.05) is 0 Å². The number of carboxylic acid groups (broad SMARTS) is 1. The Kier molecular flexibility index (Phi) is 3.48. The molecule has 0 radical (unpaired) electrons. The van der Waals surface area contributed by atoms with Crippen LogP contribution >= 0.6 is 0 Å². The van der Waals surface area contributed by atoms with E-state index in [1.165, 1.54) is 0 Å². The molecule has 0 aromatic heterocycles. The Balaban J connectivity index is 3.19. The van der Waals surface area contributed by atoms with Gasteiger partial charge >= 0.3 is 5.97 Å². The van der Waals surface area contributed by atoms with Crippen LogP contribution in [0.4, 0.5) is 0 Å². The smallest absolute Gasteiger partial charge is 0.316 e. The maximum Gasteiger partial charge on any atom is 0.316 e. The van der Waals surface area contributed by atoms with Gasteiger partial charge in [0.15, 0.2) is 0 Å². The molecule has 1 rings (SSSR count). The van der Waals surface area contributed by atoms with E-state index in [-0.39, 0.29) is 0 Å². The molecule has 82 valence electrons. The molecule has 0 aliphatic heterocycles. The molecule has 0 heterocycles. The molecule has 0 saturated heterocycles. The van der Waals surface area contributed by atoms with E-state index >= 15 is 0 Å². The first-order valence-corrected chi connectivity index (χ1v) is 5.00. The molecule has 0 spiro atoms. The summed E-state index contributed by atoms with van der Waals surface area (Å²) in [6.45, 7) is 3.33. The lowest BCUT2D eigenvalue weighted by molar-refractivity contribution is -0.148. The average molecular weight is 208 g/mol. The van der Waals surface area contributed by atoms with E-state index in [0.29, 0.717) is 12.0 Å². The molecule has 0 saturated carbocycles. The summed E-state index contributed by atoms with van der Waals surface area (Å²) < 4.78 is 0. The Morgan fingerprint density at radius 2 is 1.93 bits per heavy atom. The van der Waals surface area contributed by atoms with Crippen molar-refractivity contribution in [1.82, 2.24) is 0 Å². The number of rotatable bonds is 4. The van der Waals surface area contributed by atoms with Crippen LogP contribution < -0.4 is 0 Å². The maximum absolute atomic E-state index is 11.3. The molecule has 2 unspecified atom stereocenters. The molecule has 3 heteroatoms. The second-order valence-electron chi connectivity index (χ2n) is 3.80. The molecule has 2 N–H and O–H groups in total. The highest BCUT2D eigenvalue weighted by molar-refractivity contribution is 5.81. The Morgan fingerprint density at radius 3 is 2.33 bits per heavy atom. The van der Waals surface area contributed by atoms with Crippen molar-refractivity contribution in [3.05, 3.63) is 35.9 Å². The minimum absolute atomic E-state index is 0.414. The van der Waals surface area contributed by atoms with Crippen molar-refractivity contribution in [2.24, 2.45) is 0 Å². The normalized spacial score (nSPS) is 16.7. The van der Waals surface area contributed by atoms with Gasteiger partial charge in [-0.25, -0.2) is 0 Å². The van der Waals surface area contributed by atoms with E-state index in [1.807, 2.05) is 6.07 Å². The average Bonchev–Trinajstić information content (AvgIpc) is 2.27. The summed E-state index contributed by atoms with van der Waals surface area (Å²) >= 11 is 0. The highest BCUT2D eigenvalue weighted by Crippen LogP contribution is 2.29. The lowest BCUT2D eigenvalue weighted by Gasteiger charge is -2.30. The molecular formula is C12H16O3. The quantitative estimate of drug-likeness (QED) is 0.793. The van der Waals surface area contributed by atoms with Crippen molar-refractivity contribution in [1.29, 1.82) is 0 Å². The highest BCUT2D eigenvalue weighted by atomic mass is 16.4. The Bertz CT molecular complexity index is 334. The Hall–Kier alpha value is -1.35. The molecule has 0 aliphatic rings. The number of carboxylic acids is 1. The minimum Gasteiger partial charge on any atom is -0.481 e. The van der Waals surface area contributed by atoms with Crippen molar-refractivity contribution in [2.45, 2.75) is 31.8 Å². The minimum atomic E-state index is -1.23. The van der Waals surface area contributed by atoms with Crippen LogP contribution in [0.1, 0.15) is 25.8 Å². The number of aliphatic hydroxyl groups is 1. The number of carbonyl (C=O) groups is 1. The number of hydrogen-bond donors (Lipinski definition) is 2. The summed E-state index contributed by atoms with van der Waals surface area (Å²) in [7, 11) is 0. The summed E-state index contributed by atoms with van der Waals surface area (Å²) in [5.74, 6) is -0.997. The van der Waals surface area contributed by atoms with E-state index < -0.39 is 17.5 Å². The first kappa shape index (κ1) is 11.7. The number of aliphatic carboxylic acids is 1. The topological polar surface area (TPSA) is 57.5 Å². The molecule has 15 heavy (non-hydrogen) atoms. The van der Waals surface area contributed by atoms with Gasteiger partial charge in [0.25, 0.3) is 0 Å². The predicted molar refractivity (Wildman–Crippen MR) is 57.7 cm³/mol. The van der Waals surface area contributed by atoms with Crippen LogP contribution in [-0.4, -0.2) is 22.3 Å². The van der Waals surface area contributed by atoms with Crippen LogP contribution in [0.5, 0.6) is 0 Å². The zero-order valence-corrected chi connectivity index (χ0v) is 8.97. The number of aliphatic hydroxyl groups excluding tert-OH is 1. The summed E-state index contributed by atoms with van der Waals surface area (Å²) in [6, 6.07) is 8.84. The first-order valence-electron chi connectivity index (χ1n) is 5.00. The van der Waals surface area contributed by atoms with Gasteiger partial charge in [-0.3, -0.25) is 4.79 Å². The second-order valence-corrected chi connectivity index (χ2v) is 3.80. The molecule has 1 aromatic carbocycles. The highest BCUT2D eigenvalue weighted by Gasteiger charge is 2.41. The monoisotopic (exact) mass is 208 g/mol. The Morgan fingerprint density at radius 1 is 1.40 bits per heavy atom. The van der Waals surface area contributed by atoms with E-state index in [4.69, 9.17) is 0 Å². The largest absolute Gasteiger partial charge is 0.481 e. The Labute approximate surface area is 89.4 Å². The van der Waals surface area contributed by atoms with Gasteiger partial charge in [-0.1, -0.05) is 37.3 Å². The van der Waals surface area contributed by atoms with Gasteiger partial charge in [-0.05, 0) is 18.9 Å². The van der Waals surface area contributed by atoms with Crippen molar-refractivity contribution in [2.75, 3.05) is 0 Å². The van der Waals surface area contributed by atoms with E-state index in [1.54, 1.807) is 38.1 Å². The lowest BCUT2D eigenvalue weighted by Crippen LogP contribution is -2.43. The van der Waals surface area contributed by atoms with Crippen LogP contribution in [0.2, 0.25) is 0 Å². The zero-order chi connectivity index (χ0) is 11.5. The molecule has 0 aliphatic carbocycles. The third-order valence-electron chi connectivity index (χ3n) is 2.87. The fourth-order valence-electron chi connectivity index (χ4n) is 1.65. The summed E-state index contributed by atoms with van der Waals surface area (Å²) in [5.41, 5.74) is -0.595.